The van der Waals surface area contributed by atoms with Gasteiger partial charge in [0, 0.05) is 18.8 Å². The number of anilines is 1. The minimum absolute atomic E-state index is 0.0932. The van der Waals surface area contributed by atoms with Crippen LogP contribution in [0.2, 0.25) is 0 Å². The number of carbonyl (C=O) groups excluding carboxylic acids is 1. The predicted octanol–water partition coefficient (Wildman–Crippen LogP) is 1.16. The number of rotatable bonds is 4. The number of aromatic nitrogens is 2. The summed E-state index contributed by atoms with van der Waals surface area (Å²) in [6.07, 6.45) is 3.87. The minimum atomic E-state index is -0.512. The Morgan fingerprint density at radius 2 is 2.47 bits per heavy atom. The van der Waals surface area contributed by atoms with Gasteiger partial charge in [0.1, 0.15) is 5.82 Å². The molecule has 0 aromatic carbocycles. The fraction of sp³-hybridized carbons (Fsp3) is 0.615. The second kappa shape index (κ2) is 6.47. The molecule has 0 amide bonds. The summed E-state index contributed by atoms with van der Waals surface area (Å²) >= 11 is 0. The van der Waals surface area contributed by atoms with Gasteiger partial charge in [-0.25, -0.2) is 14.8 Å². The Morgan fingerprint density at radius 1 is 1.63 bits per heavy atom. The molecule has 6 nitrogen and oxygen atoms in total. The summed E-state index contributed by atoms with van der Waals surface area (Å²) in [7, 11) is 1.33. The number of nitrogens with one attached hydrogen (secondary N) is 1. The first kappa shape index (κ1) is 13.7. The molecule has 1 saturated heterocycles. The van der Waals surface area contributed by atoms with Crippen LogP contribution in [0.1, 0.15) is 30.4 Å². The van der Waals surface area contributed by atoms with E-state index in [9.17, 15) is 4.79 Å². The molecular weight excluding hydrogens is 244 g/mol. The van der Waals surface area contributed by atoms with Gasteiger partial charge in [-0.1, -0.05) is 6.92 Å². The number of likely N-dealkylation sites (N-methyl/N-ethyl adjacent to an activating group) is 1. The van der Waals surface area contributed by atoms with E-state index < -0.39 is 5.97 Å². The lowest BCUT2D eigenvalue weighted by Crippen LogP contribution is -2.42. The van der Waals surface area contributed by atoms with Crippen molar-refractivity contribution in [3.63, 3.8) is 0 Å². The van der Waals surface area contributed by atoms with Gasteiger partial charge in [-0.2, -0.15) is 0 Å². The summed E-state index contributed by atoms with van der Waals surface area (Å²) < 4.78 is 4.62. The Hall–Kier alpha value is -1.69. The van der Waals surface area contributed by atoms with Crippen LogP contribution in [0.4, 0.5) is 5.82 Å². The average Bonchev–Trinajstić information content (AvgIpc) is 2.47. The van der Waals surface area contributed by atoms with Gasteiger partial charge >= 0.3 is 5.97 Å². The lowest BCUT2D eigenvalue weighted by Gasteiger charge is -2.32. The third kappa shape index (κ3) is 3.64. The van der Waals surface area contributed by atoms with E-state index in [4.69, 9.17) is 0 Å². The monoisotopic (exact) mass is 264 g/mol. The van der Waals surface area contributed by atoms with Gasteiger partial charge in [0.2, 0.25) is 5.82 Å². The van der Waals surface area contributed by atoms with Crippen LogP contribution in [0.5, 0.6) is 0 Å². The Kier molecular flexibility index (Phi) is 4.68. The molecule has 1 atom stereocenters. The molecular formula is C13H20N4O2. The topological polar surface area (TPSA) is 67.4 Å². The van der Waals surface area contributed by atoms with E-state index in [2.05, 4.69) is 31.8 Å². The van der Waals surface area contributed by atoms with Crippen LogP contribution in [-0.2, 0) is 4.74 Å². The maximum absolute atomic E-state index is 11.4. The molecule has 0 radical (unpaired) electrons. The van der Waals surface area contributed by atoms with Crippen LogP contribution in [0.3, 0.4) is 0 Å². The Bertz CT molecular complexity index is 438. The van der Waals surface area contributed by atoms with Crippen molar-refractivity contribution in [2.75, 3.05) is 32.1 Å². The van der Waals surface area contributed by atoms with Gasteiger partial charge in [0.25, 0.3) is 0 Å². The summed E-state index contributed by atoms with van der Waals surface area (Å²) in [6, 6.07) is 2.14. The number of hydrogen-bond acceptors (Lipinski definition) is 6. The average molecular weight is 264 g/mol. The quantitative estimate of drug-likeness (QED) is 0.823. The first-order chi connectivity index (χ1) is 9.22. The molecule has 2 rings (SSSR count). The Balaban J connectivity index is 2.00. The van der Waals surface area contributed by atoms with E-state index in [0.717, 1.165) is 26.1 Å². The van der Waals surface area contributed by atoms with Gasteiger partial charge < -0.3 is 15.0 Å². The lowest BCUT2D eigenvalue weighted by atomic mass is 10.1. The van der Waals surface area contributed by atoms with Crippen molar-refractivity contribution in [1.29, 1.82) is 0 Å². The van der Waals surface area contributed by atoms with Crippen molar-refractivity contribution in [2.24, 2.45) is 0 Å². The number of methoxy groups -OCH3 is 1. The maximum atomic E-state index is 11.4. The fourth-order valence-electron chi connectivity index (χ4n) is 2.30. The highest BCUT2D eigenvalue weighted by atomic mass is 16.5. The van der Waals surface area contributed by atoms with Crippen LogP contribution in [0.25, 0.3) is 0 Å². The van der Waals surface area contributed by atoms with Crippen LogP contribution < -0.4 is 5.32 Å². The Labute approximate surface area is 113 Å². The molecule has 1 aliphatic heterocycles. The molecule has 1 N–H and O–H groups in total. The van der Waals surface area contributed by atoms with Gasteiger partial charge in [0.15, 0.2) is 0 Å². The second-order valence-corrected chi connectivity index (χ2v) is 4.63. The molecule has 1 aromatic rings. The van der Waals surface area contributed by atoms with E-state index in [-0.39, 0.29) is 5.82 Å². The first-order valence-corrected chi connectivity index (χ1v) is 6.63. The van der Waals surface area contributed by atoms with Crippen molar-refractivity contribution in [3.05, 3.63) is 18.1 Å². The molecule has 0 aliphatic carbocycles. The number of carbonyl (C=O) groups is 1. The molecule has 0 saturated carbocycles. The Morgan fingerprint density at radius 3 is 3.21 bits per heavy atom. The van der Waals surface area contributed by atoms with Gasteiger partial charge in [0.05, 0.1) is 7.11 Å². The van der Waals surface area contributed by atoms with E-state index >= 15 is 0 Å². The summed E-state index contributed by atoms with van der Waals surface area (Å²) in [5, 5.41) is 3.36. The number of nitrogens with zero attached hydrogens (tertiary/aromatic N) is 3. The summed E-state index contributed by atoms with van der Waals surface area (Å²) in [5.41, 5.74) is 0. The number of esters is 1. The van der Waals surface area contributed by atoms with E-state index in [0.29, 0.717) is 11.9 Å². The van der Waals surface area contributed by atoms with E-state index in [1.165, 1.54) is 13.5 Å². The number of likely N-dealkylation sites (tertiary alicyclic amines) is 1. The molecule has 104 valence electrons. The largest absolute Gasteiger partial charge is 0.463 e. The summed E-state index contributed by atoms with van der Waals surface area (Å²) in [4.78, 5) is 21.9. The van der Waals surface area contributed by atoms with Crippen LogP contribution in [0, 0.1) is 0 Å². The van der Waals surface area contributed by atoms with Crippen molar-refractivity contribution in [1.82, 2.24) is 14.9 Å². The standard InChI is InChI=1S/C13H20N4O2/c1-3-17-8-4-5-10(9-17)15-11-6-7-14-12(16-11)13(18)19-2/h6-7,10H,3-5,8-9H2,1-2H3,(H,14,15,16). The zero-order valence-corrected chi connectivity index (χ0v) is 11.4. The third-order valence-electron chi connectivity index (χ3n) is 3.33. The number of piperidine rings is 1. The predicted molar refractivity (Wildman–Crippen MR) is 72.1 cm³/mol. The fourth-order valence-corrected chi connectivity index (χ4v) is 2.30. The first-order valence-electron chi connectivity index (χ1n) is 6.63. The molecule has 6 heteroatoms. The SMILES string of the molecule is CCN1CCCC(Nc2ccnc(C(=O)OC)n2)C1. The molecule has 1 aromatic heterocycles. The highest BCUT2D eigenvalue weighted by molar-refractivity contribution is 5.85. The van der Waals surface area contributed by atoms with Crippen molar-refractivity contribution < 1.29 is 9.53 Å². The molecule has 0 spiro atoms. The van der Waals surface area contributed by atoms with E-state index in [1.54, 1.807) is 12.3 Å². The van der Waals surface area contributed by atoms with Crippen molar-refractivity contribution >= 4 is 11.8 Å². The van der Waals surface area contributed by atoms with E-state index in [1.807, 2.05) is 0 Å². The van der Waals surface area contributed by atoms with Gasteiger partial charge in [-0.15, -0.1) is 0 Å². The zero-order chi connectivity index (χ0) is 13.7. The van der Waals surface area contributed by atoms with Crippen LogP contribution in [0.15, 0.2) is 12.3 Å². The highest BCUT2D eigenvalue weighted by Gasteiger charge is 2.19. The highest BCUT2D eigenvalue weighted by Crippen LogP contribution is 2.14. The smallest absolute Gasteiger partial charge is 0.376 e. The summed E-state index contributed by atoms with van der Waals surface area (Å²) in [6.45, 7) is 5.40. The summed E-state index contributed by atoms with van der Waals surface area (Å²) in [5.74, 6) is 0.261. The van der Waals surface area contributed by atoms with Crippen molar-refractivity contribution in [2.45, 2.75) is 25.8 Å². The van der Waals surface area contributed by atoms with Crippen LogP contribution in [-0.4, -0.2) is 53.6 Å². The lowest BCUT2D eigenvalue weighted by molar-refractivity contribution is 0.0587. The second-order valence-electron chi connectivity index (χ2n) is 4.63. The zero-order valence-electron chi connectivity index (χ0n) is 11.4. The van der Waals surface area contributed by atoms with Gasteiger partial charge in [-0.05, 0) is 32.0 Å². The molecule has 1 unspecified atom stereocenters. The van der Waals surface area contributed by atoms with Crippen molar-refractivity contribution in [3.8, 4) is 0 Å². The molecule has 1 fully saturated rings. The maximum Gasteiger partial charge on any atom is 0.376 e. The molecule has 19 heavy (non-hydrogen) atoms. The molecule has 0 bridgehead atoms. The third-order valence-corrected chi connectivity index (χ3v) is 3.33. The molecule has 1 aliphatic rings. The van der Waals surface area contributed by atoms with Gasteiger partial charge in [-0.3, -0.25) is 0 Å². The molecule has 2 heterocycles. The minimum Gasteiger partial charge on any atom is -0.463 e. The van der Waals surface area contributed by atoms with Crippen LogP contribution >= 0.6 is 0 Å². The number of hydrogen-bond donors (Lipinski definition) is 1. The normalized spacial score (nSPS) is 20.0. The number of ether oxygens (including phenoxy) is 1.